The molecule has 1 aliphatic heterocycles. The first-order chi connectivity index (χ1) is 11.8. The number of carbonyl (C=O) groups excluding carboxylic acids is 1. The lowest BCUT2D eigenvalue weighted by atomic mass is 9.80. The number of carbonyl (C=O) groups is 1. The van der Waals surface area contributed by atoms with Gasteiger partial charge in [-0.3, -0.25) is 4.79 Å². The summed E-state index contributed by atoms with van der Waals surface area (Å²) in [6, 6.07) is 10.2. The Kier molecular flexibility index (Phi) is 4.87. The van der Waals surface area contributed by atoms with Gasteiger partial charge in [-0.2, -0.15) is 0 Å². The summed E-state index contributed by atoms with van der Waals surface area (Å²) in [5.74, 6) is 0.900. The van der Waals surface area contributed by atoms with Gasteiger partial charge < -0.3 is 4.90 Å². The highest BCUT2D eigenvalue weighted by Crippen LogP contribution is 2.43. The van der Waals surface area contributed by atoms with Crippen LogP contribution in [-0.4, -0.2) is 27.2 Å². The highest BCUT2D eigenvalue weighted by atomic mass is 32.2. The van der Waals surface area contributed by atoms with E-state index in [0.29, 0.717) is 16.8 Å². The molecule has 4 nitrogen and oxygen atoms in total. The molecule has 0 saturated heterocycles. The zero-order valence-corrected chi connectivity index (χ0v) is 16.4. The fraction of sp³-hybridized carbons (Fsp3) is 0.450. The van der Waals surface area contributed by atoms with Crippen molar-refractivity contribution in [3.05, 3.63) is 47.3 Å². The van der Waals surface area contributed by atoms with Gasteiger partial charge in [-0.05, 0) is 57.7 Å². The molecular formula is C20H25N3OS. The van der Waals surface area contributed by atoms with Gasteiger partial charge in [0.2, 0.25) is 5.91 Å². The Hall–Kier alpha value is -1.88. The lowest BCUT2D eigenvalue weighted by molar-refractivity contribution is -0.117. The van der Waals surface area contributed by atoms with E-state index >= 15 is 0 Å². The molecule has 0 saturated carbocycles. The molecule has 1 aromatic carbocycles. The standard InChI is InChI=1S/C20H25N3OS/c1-13-11-20(4,5)23(17-9-7-6-8-16(13)17)18(24)12-25-19-21-14(2)10-15(3)22-19/h6-10,13H,11-12H2,1-5H3. The van der Waals surface area contributed by atoms with E-state index in [1.807, 2.05) is 30.9 Å². The number of para-hydroxylation sites is 1. The number of aryl methyl sites for hydroxylation is 2. The van der Waals surface area contributed by atoms with Crippen molar-refractivity contribution in [1.29, 1.82) is 0 Å². The Morgan fingerprint density at radius 2 is 1.88 bits per heavy atom. The molecule has 1 aliphatic rings. The maximum atomic E-state index is 13.1. The molecule has 1 aromatic heterocycles. The van der Waals surface area contributed by atoms with Crippen molar-refractivity contribution in [2.24, 2.45) is 0 Å². The number of rotatable bonds is 3. The Balaban J connectivity index is 1.84. The van der Waals surface area contributed by atoms with Crippen LogP contribution in [-0.2, 0) is 4.79 Å². The van der Waals surface area contributed by atoms with Crippen molar-refractivity contribution in [3.8, 4) is 0 Å². The van der Waals surface area contributed by atoms with Crippen LogP contribution in [0.15, 0.2) is 35.5 Å². The van der Waals surface area contributed by atoms with Gasteiger partial charge in [0.15, 0.2) is 5.16 Å². The van der Waals surface area contributed by atoms with E-state index in [1.165, 1.54) is 17.3 Å². The molecule has 0 spiro atoms. The zero-order valence-electron chi connectivity index (χ0n) is 15.5. The average Bonchev–Trinajstić information content (AvgIpc) is 2.51. The molecule has 1 atom stereocenters. The van der Waals surface area contributed by atoms with Gasteiger partial charge in [-0.25, -0.2) is 9.97 Å². The third-order valence-electron chi connectivity index (χ3n) is 4.66. The molecular weight excluding hydrogens is 330 g/mol. The van der Waals surface area contributed by atoms with E-state index in [0.717, 1.165) is 23.5 Å². The third-order valence-corrected chi connectivity index (χ3v) is 5.49. The van der Waals surface area contributed by atoms with Gasteiger partial charge in [0.1, 0.15) is 0 Å². The van der Waals surface area contributed by atoms with Crippen LogP contribution in [0.5, 0.6) is 0 Å². The van der Waals surface area contributed by atoms with Crippen molar-refractivity contribution in [3.63, 3.8) is 0 Å². The second-order valence-corrected chi connectivity index (χ2v) is 8.37. The average molecular weight is 356 g/mol. The minimum absolute atomic E-state index is 0.108. The summed E-state index contributed by atoms with van der Waals surface area (Å²) in [7, 11) is 0. The number of aromatic nitrogens is 2. The summed E-state index contributed by atoms with van der Waals surface area (Å²) >= 11 is 1.41. The molecule has 0 N–H and O–H groups in total. The molecule has 1 unspecified atom stereocenters. The summed E-state index contributed by atoms with van der Waals surface area (Å²) in [5, 5.41) is 0.669. The molecule has 0 fully saturated rings. The Morgan fingerprint density at radius 3 is 2.56 bits per heavy atom. The number of anilines is 1. The number of hydrogen-bond acceptors (Lipinski definition) is 4. The fourth-order valence-electron chi connectivity index (χ4n) is 3.81. The van der Waals surface area contributed by atoms with Gasteiger partial charge >= 0.3 is 0 Å². The number of hydrogen-bond donors (Lipinski definition) is 0. The van der Waals surface area contributed by atoms with Crippen LogP contribution < -0.4 is 4.90 Å². The number of fused-ring (bicyclic) bond motifs is 1. The molecule has 2 heterocycles. The topological polar surface area (TPSA) is 46.1 Å². The van der Waals surface area contributed by atoms with Crippen LogP contribution in [0.2, 0.25) is 0 Å². The first-order valence-corrected chi connectivity index (χ1v) is 9.63. The molecule has 2 aromatic rings. The van der Waals surface area contributed by atoms with Crippen LogP contribution in [0.3, 0.4) is 0 Å². The van der Waals surface area contributed by atoms with Crippen molar-refractivity contribution in [2.75, 3.05) is 10.7 Å². The van der Waals surface area contributed by atoms with E-state index in [1.54, 1.807) is 0 Å². The quantitative estimate of drug-likeness (QED) is 0.600. The highest BCUT2D eigenvalue weighted by Gasteiger charge is 2.39. The van der Waals surface area contributed by atoms with Gasteiger partial charge in [-0.15, -0.1) is 0 Å². The predicted molar refractivity (Wildman–Crippen MR) is 103 cm³/mol. The van der Waals surface area contributed by atoms with Crippen LogP contribution >= 0.6 is 11.8 Å². The molecule has 25 heavy (non-hydrogen) atoms. The van der Waals surface area contributed by atoms with Crippen molar-refractivity contribution < 1.29 is 4.79 Å². The second-order valence-electron chi connectivity index (χ2n) is 7.43. The number of nitrogens with zero attached hydrogens (tertiary/aromatic N) is 3. The Morgan fingerprint density at radius 1 is 1.24 bits per heavy atom. The van der Waals surface area contributed by atoms with Gasteiger partial charge in [0.25, 0.3) is 0 Å². The normalized spacial score (nSPS) is 18.8. The molecule has 0 radical (unpaired) electrons. The molecule has 132 valence electrons. The lowest BCUT2D eigenvalue weighted by Crippen LogP contribution is -2.52. The minimum Gasteiger partial charge on any atom is -0.306 e. The van der Waals surface area contributed by atoms with E-state index in [2.05, 4.69) is 48.9 Å². The Bertz CT molecular complexity index is 783. The second kappa shape index (κ2) is 6.79. The van der Waals surface area contributed by atoms with E-state index in [9.17, 15) is 4.79 Å². The summed E-state index contributed by atoms with van der Waals surface area (Å²) in [5.41, 5.74) is 3.95. The zero-order chi connectivity index (χ0) is 18.2. The smallest absolute Gasteiger partial charge is 0.237 e. The van der Waals surface area contributed by atoms with Gasteiger partial charge in [0, 0.05) is 22.6 Å². The lowest BCUT2D eigenvalue weighted by Gasteiger charge is -2.46. The number of amides is 1. The fourth-order valence-corrected chi connectivity index (χ4v) is 4.60. The monoisotopic (exact) mass is 355 g/mol. The predicted octanol–water partition coefficient (Wildman–Crippen LogP) is 4.50. The van der Waals surface area contributed by atoms with Gasteiger partial charge in [0.05, 0.1) is 5.75 Å². The van der Waals surface area contributed by atoms with Crippen LogP contribution in [0.25, 0.3) is 0 Å². The van der Waals surface area contributed by atoms with E-state index in [4.69, 9.17) is 0 Å². The largest absolute Gasteiger partial charge is 0.306 e. The highest BCUT2D eigenvalue weighted by molar-refractivity contribution is 7.99. The van der Waals surface area contributed by atoms with Crippen LogP contribution in [0, 0.1) is 13.8 Å². The van der Waals surface area contributed by atoms with E-state index in [-0.39, 0.29) is 11.4 Å². The van der Waals surface area contributed by atoms with Crippen LogP contribution in [0.4, 0.5) is 5.69 Å². The third kappa shape index (κ3) is 3.71. The summed E-state index contributed by atoms with van der Waals surface area (Å²) in [6.07, 6.45) is 0.959. The van der Waals surface area contributed by atoms with Gasteiger partial charge in [-0.1, -0.05) is 36.9 Å². The van der Waals surface area contributed by atoms with Crippen molar-refractivity contribution >= 4 is 23.4 Å². The molecule has 5 heteroatoms. The summed E-state index contributed by atoms with van der Waals surface area (Å²) in [4.78, 5) is 23.9. The first-order valence-electron chi connectivity index (χ1n) is 8.65. The maximum Gasteiger partial charge on any atom is 0.237 e. The molecule has 0 aliphatic carbocycles. The van der Waals surface area contributed by atoms with Crippen LogP contribution in [0.1, 0.15) is 50.1 Å². The van der Waals surface area contributed by atoms with Crippen molar-refractivity contribution in [2.45, 2.75) is 57.7 Å². The summed E-state index contributed by atoms with van der Waals surface area (Å²) in [6.45, 7) is 10.4. The summed E-state index contributed by atoms with van der Waals surface area (Å²) < 4.78 is 0. The molecule has 1 amide bonds. The number of benzene rings is 1. The molecule has 3 rings (SSSR count). The minimum atomic E-state index is -0.200. The maximum absolute atomic E-state index is 13.1. The Labute approximate surface area is 154 Å². The van der Waals surface area contributed by atoms with Crippen molar-refractivity contribution in [1.82, 2.24) is 9.97 Å². The molecule has 0 bridgehead atoms. The number of thioether (sulfide) groups is 1. The SMILES string of the molecule is Cc1cc(C)nc(SCC(=O)N2c3ccccc3C(C)CC2(C)C)n1. The first kappa shape index (κ1) is 17.9. The van der Waals surface area contributed by atoms with E-state index < -0.39 is 0 Å².